The summed E-state index contributed by atoms with van der Waals surface area (Å²) in [6.07, 6.45) is 6.64. The van der Waals surface area contributed by atoms with Gasteiger partial charge in [0, 0.05) is 62.6 Å². The van der Waals surface area contributed by atoms with Crippen LogP contribution >= 0.6 is 0 Å². The molecule has 2 aromatic heterocycles. The van der Waals surface area contributed by atoms with Crippen molar-refractivity contribution < 1.29 is 33.1 Å². The van der Waals surface area contributed by atoms with Gasteiger partial charge in [-0.2, -0.15) is 5.10 Å². The van der Waals surface area contributed by atoms with Crippen LogP contribution in [0.3, 0.4) is 0 Å². The van der Waals surface area contributed by atoms with Gasteiger partial charge in [0.2, 0.25) is 17.7 Å². The third-order valence-electron chi connectivity index (χ3n) is 11.4. The van der Waals surface area contributed by atoms with Crippen molar-refractivity contribution in [1.82, 2.24) is 40.6 Å². The van der Waals surface area contributed by atoms with Crippen molar-refractivity contribution in [1.29, 1.82) is 0 Å². The Morgan fingerprint density at radius 3 is 2.43 bits per heavy atom. The number of rotatable bonds is 16. The third-order valence-corrected chi connectivity index (χ3v) is 11.4. The molecule has 5 aromatic rings. The Labute approximate surface area is 351 Å². The van der Waals surface area contributed by atoms with Crippen LogP contribution in [0.4, 0.5) is 15.8 Å². The molecule has 8 rings (SSSR count). The van der Waals surface area contributed by atoms with E-state index in [1.165, 1.54) is 13.2 Å². The van der Waals surface area contributed by atoms with Gasteiger partial charge >= 0.3 is 0 Å². The Morgan fingerprint density at radius 2 is 1.66 bits per heavy atom. The van der Waals surface area contributed by atoms with Crippen LogP contribution < -0.4 is 25.6 Å². The first-order valence-corrected chi connectivity index (χ1v) is 20.7. The molecule has 0 spiro atoms. The molecule has 5 heterocycles. The number of fused-ring (bicyclic) bond motifs is 2. The molecule has 0 aliphatic carbocycles. The lowest BCUT2D eigenvalue weighted by atomic mass is 10.0. The normalized spacial score (nSPS) is 16.9. The molecule has 2 saturated heterocycles. The zero-order valence-corrected chi connectivity index (χ0v) is 33.8. The fourth-order valence-corrected chi connectivity index (χ4v) is 8.10. The minimum absolute atomic E-state index is 0.0309. The summed E-state index contributed by atoms with van der Waals surface area (Å²) < 4.78 is 20.1. The summed E-state index contributed by atoms with van der Waals surface area (Å²) in [7, 11) is 1.48. The van der Waals surface area contributed by atoms with Gasteiger partial charge in [0.1, 0.15) is 34.3 Å². The summed E-state index contributed by atoms with van der Waals surface area (Å²) >= 11 is 0. The van der Waals surface area contributed by atoms with E-state index in [0.29, 0.717) is 42.1 Å². The number of H-pyrrole nitrogens is 1. The van der Waals surface area contributed by atoms with Gasteiger partial charge in [-0.15, -0.1) is 0 Å². The number of hydrogen-bond acceptors (Lipinski definition) is 12. The average Bonchev–Trinajstić information content (AvgIpc) is 3.80. The molecule has 3 aliphatic rings. The molecule has 1 atom stereocenters. The predicted molar refractivity (Wildman–Crippen MR) is 225 cm³/mol. The van der Waals surface area contributed by atoms with E-state index in [2.05, 4.69) is 58.0 Å². The Balaban J connectivity index is 0.710. The zero-order chi connectivity index (χ0) is 42.5. The third kappa shape index (κ3) is 8.92. The van der Waals surface area contributed by atoms with Crippen molar-refractivity contribution in [3.8, 4) is 28.4 Å². The minimum Gasteiger partial charge on any atom is -0.496 e. The Kier molecular flexibility index (Phi) is 12.3. The molecule has 0 saturated carbocycles. The number of amides is 5. The number of aromatic nitrogens is 4. The monoisotopic (exact) mass is 830 g/mol. The lowest BCUT2D eigenvalue weighted by Crippen LogP contribution is -2.54. The number of hydrogen-bond donors (Lipinski definition) is 4. The molecule has 3 aliphatic heterocycles. The van der Waals surface area contributed by atoms with Gasteiger partial charge in [0.25, 0.3) is 11.8 Å². The number of piperazine rings is 1. The predicted octanol–water partition coefficient (Wildman–Crippen LogP) is 4.54. The number of unbranched alkanes of at least 4 members (excludes halogenated alkanes) is 4. The second kappa shape index (κ2) is 18.3. The number of carbonyl (C=O) groups is 5. The van der Waals surface area contributed by atoms with E-state index in [1.807, 2.05) is 12.1 Å². The van der Waals surface area contributed by atoms with Crippen LogP contribution in [0, 0.1) is 5.82 Å². The van der Waals surface area contributed by atoms with Gasteiger partial charge in [0.05, 0.1) is 36.5 Å². The van der Waals surface area contributed by atoms with E-state index in [1.54, 1.807) is 36.5 Å². The second-order valence-corrected chi connectivity index (χ2v) is 15.4. The Bertz CT molecular complexity index is 2470. The summed E-state index contributed by atoms with van der Waals surface area (Å²) in [6.45, 7) is 4.83. The number of nitrogens with zero attached hydrogens (tertiary/aromatic N) is 6. The molecular weight excluding hydrogens is 784 g/mol. The molecule has 0 bridgehead atoms. The minimum atomic E-state index is -0.984. The molecule has 2 fully saturated rings. The fourth-order valence-electron chi connectivity index (χ4n) is 8.10. The first-order chi connectivity index (χ1) is 29.7. The number of halogens is 1. The Hall–Kier alpha value is -6.75. The van der Waals surface area contributed by atoms with Gasteiger partial charge in [-0.3, -0.25) is 44.2 Å². The highest BCUT2D eigenvalue weighted by atomic mass is 19.1. The molecular formula is C44H47FN10O6. The van der Waals surface area contributed by atoms with Crippen molar-refractivity contribution in [2.24, 2.45) is 0 Å². The highest BCUT2D eigenvalue weighted by Gasteiger charge is 2.44. The maximum absolute atomic E-state index is 14.8. The molecule has 3 aromatic carbocycles. The SMILES string of the molecule is COc1cccc(F)c1-c1ncc2[nH]nc(-c3ccc(N4CCN(CC(=O)NCCCCCCCNc5ccc6c(c5)C(=O)N(C5CCC(=O)NC5=O)C6=O)CC4)cc3)c2n1. The quantitative estimate of drug-likeness (QED) is 0.0803. The number of benzene rings is 3. The van der Waals surface area contributed by atoms with Crippen LogP contribution in [0.25, 0.3) is 33.7 Å². The van der Waals surface area contributed by atoms with Crippen LogP contribution in [0.15, 0.2) is 66.9 Å². The van der Waals surface area contributed by atoms with Crippen LogP contribution in [-0.4, -0.2) is 118 Å². The fraction of sp³-hybridized carbons (Fsp3) is 0.364. The van der Waals surface area contributed by atoms with E-state index in [4.69, 9.17) is 4.74 Å². The van der Waals surface area contributed by atoms with Gasteiger partial charge in [-0.25, -0.2) is 14.4 Å². The number of nitrogens with one attached hydrogen (secondary N) is 4. The zero-order valence-electron chi connectivity index (χ0n) is 33.8. The molecule has 17 heteroatoms. The standard InChI is InChI=1S/C44H47FN10O6/c1-61-35-9-7-8-32(45)38(35)41-48-25-33-40(50-41)39(52-51-33)27-10-13-29(14-11-27)54-22-20-53(21-23-54)26-37(57)47-19-6-4-2-3-5-18-46-28-12-15-30-31(24-28)44(60)55(43(30)59)34-16-17-36(56)49-42(34)58/h7-15,24-25,34,46H,2-6,16-23,26H2,1H3,(H,47,57)(H,51,52)(H,49,56,58). The van der Waals surface area contributed by atoms with E-state index in [0.717, 1.165) is 80.1 Å². The lowest BCUT2D eigenvalue weighted by molar-refractivity contribution is -0.136. The summed E-state index contributed by atoms with van der Waals surface area (Å²) in [5.74, 6) is -1.94. The van der Waals surface area contributed by atoms with Gasteiger partial charge < -0.3 is 20.3 Å². The summed E-state index contributed by atoms with van der Waals surface area (Å²) in [5, 5.41) is 16.1. The molecule has 16 nitrogen and oxygen atoms in total. The number of aromatic amines is 1. The second-order valence-electron chi connectivity index (χ2n) is 15.4. The topological polar surface area (TPSA) is 195 Å². The van der Waals surface area contributed by atoms with E-state index >= 15 is 0 Å². The maximum Gasteiger partial charge on any atom is 0.262 e. The van der Waals surface area contributed by atoms with Crippen molar-refractivity contribution >= 4 is 51.9 Å². The van der Waals surface area contributed by atoms with Crippen LogP contribution in [0.5, 0.6) is 5.75 Å². The van der Waals surface area contributed by atoms with E-state index in [-0.39, 0.29) is 41.3 Å². The average molecular weight is 831 g/mol. The number of carbonyl (C=O) groups excluding carboxylic acids is 5. The van der Waals surface area contributed by atoms with Crippen molar-refractivity contribution in [2.75, 3.05) is 63.1 Å². The van der Waals surface area contributed by atoms with Gasteiger partial charge in [-0.05, 0) is 61.7 Å². The summed E-state index contributed by atoms with van der Waals surface area (Å²) in [6, 6.07) is 16.7. The van der Waals surface area contributed by atoms with Crippen LogP contribution in [-0.2, 0) is 14.4 Å². The summed E-state index contributed by atoms with van der Waals surface area (Å²) in [4.78, 5) is 77.0. The first kappa shape index (κ1) is 41.0. The van der Waals surface area contributed by atoms with Crippen molar-refractivity contribution in [3.05, 3.63) is 83.8 Å². The summed E-state index contributed by atoms with van der Waals surface area (Å²) in [5.41, 5.74) is 5.23. The number of ether oxygens (including phenoxy) is 1. The number of anilines is 2. The Morgan fingerprint density at radius 1 is 0.902 bits per heavy atom. The molecule has 4 N–H and O–H groups in total. The largest absolute Gasteiger partial charge is 0.496 e. The maximum atomic E-state index is 14.8. The molecule has 61 heavy (non-hydrogen) atoms. The smallest absolute Gasteiger partial charge is 0.262 e. The van der Waals surface area contributed by atoms with Crippen LogP contribution in [0.2, 0.25) is 0 Å². The highest BCUT2D eigenvalue weighted by Crippen LogP contribution is 2.34. The van der Waals surface area contributed by atoms with Crippen LogP contribution in [0.1, 0.15) is 65.7 Å². The lowest BCUT2D eigenvalue weighted by Gasteiger charge is -2.35. The highest BCUT2D eigenvalue weighted by molar-refractivity contribution is 6.23. The molecule has 316 valence electrons. The van der Waals surface area contributed by atoms with Gasteiger partial charge in [0.15, 0.2) is 5.82 Å². The van der Waals surface area contributed by atoms with Crippen molar-refractivity contribution in [2.45, 2.75) is 51.0 Å². The number of piperidine rings is 1. The first-order valence-electron chi connectivity index (χ1n) is 20.7. The molecule has 1 unspecified atom stereocenters. The number of imide groups is 2. The number of methoxy groups -OCH3 is 1. The molecule has 0 radical (unpaired) electrons. The van der Waals surface area contributed by atoms with Crippen molar-refractivity contribution in [3.63, 3.8) is 0 Å². The van der Waals surface area contributed by atoms with E-state index in [9.17, 15) is 28.4 Å². The molecule has 5 amide bonds. The van der Waals surface area contributed by atoms with Gasteiger partial charge in [-0.1, -0.05) is 37.5 Å². The van der Waals surface area contributed by atoms with E-state index < -0.39 is 35.5 Å².